The van der Waals surface area contributed by atoms with Gasteiger partial charge >= 0.3 is 0 Å². The van der Waals surface area contributed by atoms with E-state index in [2.05, 4.69) is 6.92 Å². The van der Waals surface area contributed by atoms with Crippen molar-refractivity contribution in [2.75, 3.05) is 59.6 Å². The molecule has 0 aliphatic carbocycles. The fraction of sp³-hybridized carbons (Fsp3) is 0.667. The van der Waals surface area contributed by atoms with Crippen molar-refractivity contribution < 1.29 is 27.5 Å². The van der Waals surface area contributed by atoms with Gasteiger partial charge in [0.15, 0.2) is 0 Å². The fourth-order valence-electron chi connectivity index (χ4n) is 4.94. The van der Waals surface area contributed by atoms with Crippen LogP contribution in [0.25, 0.3) is 0 Å². The number of nitrogens with zero attached hydrogens (tertiary/aromatic N) is 3. The zero-order chi connectivity index (χ0) is 24.3. The molecule has 3 fully saturated rings. The molecule has 10 heteroatoms. The number of hydrogen-bond acceptors (Lipinski definition) is 6. The number of amides is 2. The van der Waals surface area contributed by atoms with Gasteiger partial charge in [0.25, 0.3) is 5.91 Å². The number of piperidine rings is 2. The van der Waals surface area contributed by atoms with Crippen molar-refractivity contribution in [3.63, 3.8) is 0 Å². The summed E-state index contributed by atoms with van der Waals surface area (Å²) in [5.41, 5.74) is 0.308. The van der Waals surface area contributed by atoms with Crippen LogP contribution in [-0.4, -0.2) is 93.9 Å². The molecule has 0 unspecified atom stereocenters. The van der Waals surface area contributed by atoms with Crippen LogP contribution >= 0.6 is 0 Å². The Kier molecular flexibility index (Phi) is 7.79. The average molecular weight is 494 g/mol. The first-order valence-corrected chi connectivity index (χ1v) is 13.6. The third-order valence-corrected chi connectivity index (χ3v) is 9.15. The van der Waals surface area contributed by atoms with Crippen molar-refractivity contribution in [2.45, 2.75) is 37.5 Å². The standard InChI is InChI=1S/C24H35N3O6S/c1-18-5-9-25(10-6-18)23(28)19-7-11-26(12-8-19)24(29)20-3-4-21(32-2)22(17-20)34(30,31)27-13-15-33-16-14-27/h3-4,17-19H,5-16H2,1-2H3. The molecular weight excluding hydrogens is 458 g/mol. The monoisotopic (exact) mass is 493 g/mol. The minimum atomic E-state index is -3.82. The zero-order valence-electron chi connectivity index (χ0n) is 20.1. The summed E-state index contributed by atoms with van der Waals surface area (Å²) >= 11 is 0. The highest BCUT2D eigenvalue weighted by atomic mass is 32.2. The quantitative estimate of drug-likeness (QED) is 0.621. The first-order valence-electron chi connectivity index (χ1n) is 12.1. The lowest BCUT2D eigenvalue weighted by Crippen LogP contribution is -2.46. The van der Waals surface area contributed by atoms with Crippen molar-refractivity contribution in [3.8, 4) is 5.75 Å². The number of likely N-dealkylation sites (tertiary alicyclic amines) is 2. The maximum Gasteiger partial charge on any atom is 0.253 e. The Balaban J connectivity index is 1.43. The van der Waals surface area contributed by atoms with E-state index < -0.39 is 10.0 Å². The molecule has 9 nitrogen and oxygen atoms in total. The Morgan fingerprint density at radius 3 is 2.18 bits per heavy atom. The molecule has 3 saturated heterocycles. The van der Waals surface area contributed by atoms with Crippen LogP contribution in [0.3, 0.4) is 0 Å². The normalized spacial score (nSPS) is 21.5. The maximum absolute atomic E-state index is 13.2. The molecule has 3 heterocycles. The van der Waals surface area contributed by atoms with Crippen LogP contribution in [0.5, 0.6) is 5.75 Å². The van der Waals surface area contributed by atoms with Gasteiger partial charge in [0.2, 0.25) is 15.9 Å². The summed E-state index contributed by atoms with van der Waals surface area (Å²) in [6.07, 6.45) is 3.36. The number of morpholine rings is 1. The number of carbonyl (C=O) groups is 2. The second-order valence-electron chi connectivity index (χ2n) is 9.46. The smallest absolute Gasteiger partial charge is 0.253 e. The van der Waals surface area contributed by atoms with Gasteiger partial charge in [0, 0.05) is 50.7 Å². The van der Waals surface area contributed by atoms with Crippen LogP contribution in [0.2, 0.25) is 0 Å². The van der Waals surface area contributed by atoms with Crippen LogP contribution in [0.4, 0.5) is 0 Å². The minimum absolute atomic E-state index is 0.00728. The molecule has 3 aliphatic rings. The van der Waals surface area contributed by atoms with Gasteiger partial charge in [-0.25, -0.2) is 8.42 Å². The van der Waals surface area contributed by atoms with E-state index in [0.717, 1.165) is 25.9 Å². The van der Waals surface area contributed by atoms with Gasteiger partial charge in [0.1, 0.15) is 10.6 Å². The number of methoxy groups -OCH3 is 1. The second kappa shape index (κ2) is 10.6. The predicted molar refractivity (Wildman–Crippen MR) is 126 cm³/mol. The van der Waals surface area contributed by atoms with Crippen LogP contribution < -0.4 is 4.74 Å². The topological polar surface area (TPSA) is 96.5 Å². The molecule has 0 aromatic heterocycles. The Labute approximate surface area is 202 Å². The molecule has 4 rings (SSSR count). The van der Waals surface area contributed by atoms with Gasteiger partial charge in [-0.05, 0) is 49.8 Å². The molecule has 34 heavy (non-hydrogen) atoms. The first-order chi connectivity index (χ1) is 16.3. The van der Waals surface area contributed by atoms with Gasteiger partial charge in [0.05, 0.1) is 20.3 Å². The first kappa shape index (κ1) is 24.9. The van der Waals surface area contributed by atoms with Crippen LogP contribution in [0.15, 0.2) is 23.1 Å². The molecule has 1 aromatic rings. The van der Waals surface area contributed by atoms with Gasteiger partial charge in [-0.1, -0.05) is 6.92 Å². The number of rotatable bonds is 5. The van der Waals surface area contributed by atoms with Gasteiger partial charge in [-0.2, -0.15) is 4.31 Å². The van der Waals surface area contributed by atoms with Crippen LogP contribution in [0.1, 0.15) is 43.0 Å². The number of carbonyl (C=O) groups excluding carboxylic acids is 2. The lowest BCUT2D eigenvalue weighted by atomic mass is 9.92. The van der Waals surface area contributed by atoms with E-state index in [9.17, 15) is 18.0 Å². The summed E-state index contributed by atoms with van der Waals surface area (Å²) < 4.78 is 38.4. The van der Waals surface area contributed by atoms with E-state index in [-0.39, 0.29) is 41.5 Å². The summed E-state index contributed by atoms with van der Waals surface area (Å²) in [4.78, 5) is 29.8. The SMILES string of the molecule is COc1ccc(C(=O)N2CCC(C(=O)N3CCC(C)CC3)CC2)cc1S(=O)(=O)N1CCOCC1. The van der Waals surface area contributed by atoms with Gasteiger partial charge < -0.3 is 19.3 Å². The number of sulfonamides is 1. The Morgan fingerprint density at radius 1 is 0.941 bits per heavy atom. The molecule has 0 radical (unpaired) electrons. The van der Waals surface area contributed by atoms with Gasteiger partial charge in [-0.15, -0.1) is 0 Å². The van der Waals surface area contributed by atoms with E-state index in [1.807, 2.05) is 4.90 Å². The molecular formula is C24H35N3O6S. The summed E-state index contributed by atoms with van der Waals surface area (Å²) in [7, 11) is -2.40. The highest BCUT2D eigenvalue weighted by molar-refractivity contribution is 7.89. The highest BCUT2D eigenvalue weighted by Gasteiger charge is 2.33. The van der Waals surface area contributed by atoms with E-state index in [1.54, 1.807) is 11.0 Å². The van der Waals surface area contributed by atoms with Crippen molar-refractivity contribution in [1.29, 1.82) is 0 Å². The lowest BCUT2D eigenvalue weighted by molar-refractivity contribution is -0.138. The number of hydrogen-bond donors (Lipinski definition) is 0. The van der Waals surface area contributed by atoms with Crippen LogP contribution in [-0.2, 0) is 19.6 Å². The molecule has 2 amide bonds. The average Bonchev–Trinajstić information content (AvgIpc) is 2.88. The Hall–Kier alpha value is -2.17. The van der Waals surface area contributed by atoms with Crippen molar-refractivity contribution in [2.24, 2.45) is 11.8 Å². The predicted octanol–water partition coefficient (Wildman–Crippen LogP) is 1.83. The lowest BCUT2D eigenvalue weighted by Gasteiger charge is -2.36. The van der Waals surface area contributed by atoms with Crippen molar-refractivity contribution in [3.05, 3.63) is 23.8 Å². The fourth-order valence-corrected chi connectivity index (χ4v) is 6.53. The van der Waals surface area contributed by atoms with E-state index in [4.69, 9.17) is 9.47 Å². The number of ether oxygens (including phenoxy) is 2. The van der Waals surface area contributed by atoms with Crippen molar-refractivity contribution >= 4 is 21.8 Å². The molecule has 0 spiro atoms. The molecule has 0 N–H and O–H groups in total. The molecule has 188 valence electrons. The summed E-state index contributed by atoms with van der Waals surface area (Å²) in [5.74, 6) is 0.819. The van der Waals surface area contributed by atoms with Crippen LogP contribution in [0, 0.1) is 11.8 Å². The van der Waals surface area contributed by atoms with E-state index in [1.165, 1.54) is 23.5 Å². The summed E-state index contributed by atoms with van der Waals surface area (Å²) in [6.45, 7) is 6.05. The molecule has 0 atom stereocenters. The van der Waals surface area contributed by atoms with Crippen molar-refractivity contribution in [1.82, 2.24) is 14.1 Å². The third-order valence-electron chi connectivity index (χ3n) is 7.23. The van der Waals surface area contributed by atoms with E-state index in [0.29, 0.717) is 50.6 Å². The molecule has 0 bridgehead atoms. The largest absolute Gasteiger partial charge is 0.495 e. The van der Waals surface area contributed by atoms with Gasteiger partial charge in [-0.3, -0.25) is 9.59 Å². The minimum Gasteiger partial charge on any atom is -0.495 e. The summed E-state index contributed by atoms with van der Waals surface area (Å²) in [6, 6.07) is 4.55. The maximum atomic E-state index is 13.2. The Bertz CT molecular complexity index is 992. The molecule has 3 aliphatic heterocycles. The zero-order valence-corrected chi connectivity index (χ0v) is 20.9. The third kappa shape index (κ3) is 5.23. The molecule has 0 saturated carbocycles. The second-order valence-corrected chi connectivity index (χ2v) is 11.4. The van der Waals surface area contributed by atoms with E-state index >= 15 is 0 Å². The molecule has 1 aromatic carbocycles. The summed E-state index contributed by atoms with van der Waals surface area (Å²) in [5, 5.41) is 0. The Morgan fingerprint density at radius 2 is 1.56 bits per heavy atom. The number of benzene rings is 1. The highest BCUT2D eigenvalue weighted by Crippen LogP contribution is 2.30.